The first kappa shape index (κ1) is 36.0. The zero-order valence-corrected chi connectivity index (χ0v) is 27.5. The Bertz CT molecular complexity index is 2040. The first-order valence-corrected chi connectivity index (χ1v) is 17.4. The third kappa shape index (κ3) is 7.21. The lowest BCUT2D eigenvalue weighted by atomic mass is 9.99. The van der Waals surface area contributed by atoms with Gasteiger partial charge in [0.2, 0.25) is 21.7 Å². The molecule has 1 aliphatic heterocycles. The van der Waals surface area contributed by atoms with Gasteiger partial charge >= 0.3 is 0 Å². The highest BCUT2D eigenvalue weighted by molar-refractivity contribution is 7.89. The molecule has 0 bridgehead atoms. The number of pyridine rings is 1. The van der Waals surface area contributed by atoms with E-state index in [0.717, 1.165) is 53.8 Å². The molecule has 16 heteroatoms. The van der Waals surface area contributed by atoms with Crippen LogP contribution in [0.4, 0.5) is 32.0 Å². The second kappa shape index (κ2) is 14.8. The van der Waals surface area contributed by atoms with E-state index < -0.39 is 86.5 Å². The first-order chi connectivity index (χ1) is 24.4. The van der Waals surface area contributed by atoms with Gasteiger partial charge < -0.3 is 4.90 Å². The molecule has 1 atom stereocenters. The van der Waals surface area contributed by atoms with Crippen molar-refractivity contribution < 1.29 is 49.2 Å². The lowest BCUT2D eigenvalue weighted by Crippen LogP contribution is -2.59. The van der Waals surface area contributed by atoms with E-state index in [1.807, 2.05) is 6.07 Å². The summed E-state index contributed by atoms with van der Waals surface area (Å²) in [7, 11) is -5.47. The average molecular weight is 733 g/mol. The Kier molecular flexibility index (Phi) is 10.5. The summed E-state index contributed by atoms with van der Waals surface area (Å²) >= 11 is 0. The number of halogens is 6. The minimum atomic E-state index is -5.47. The number of anilines is 1. The normalized spacial score (nSPS) is 16.5. The van der Waals surface area contributed by atoms with Crippen LogP contribution in [0.25, 0.3) is 0 Å². The van der Waals surface area contributed by atoms with Gasteiger partial charge in [-0.15, -0.1) is 0 Å². The van der Waals surface area contributed by atoms with Crippen LogP contribution in [0.1, 0.15) is 65.2 Å². The Hall–Kier alpha value is -4.80. The third-order valence-electron chi connectivity index (χ3n) is 9.00. The number of benzene rings is 3. The number of amides is 2. The molecule has 1 aliphatic carbocycles. The largest absolute Gasteiger partial charge is 0.302 e. The first-order valence-electron chi connectivity index (χ1n) is 15.9. The molecule has 51 heavy (non-hydrogen) atoms. The number of hydrogen-bond acceptors (Lipinski definition) is 6. The fourth-order valence-corrected chi connectivity index (χ4v) is 7.91. The zero-order chi connectivity index (χ0) is 36.4. The van der Waals surface area contributed by atoms with Crippen molar-refractivity contribution in [3.05, 3.63) is 124 Å². The van der Waals surface area contributed by atoms with Gasteiger partial charge in [0.1, 0.15) is 11.9 Å². The molecule has 0 unspecified atom stereocenters. The number of sulfonamides is 1. The fraction of sp³-hybridized carbons (Fsp3) is 0.286. The standard InChI is InChI=1S/C35H30F6N4O5S/c36-25-16-22(34(46)43-50-19-20-6-2-1-3-7-20)11-13-26(25)44(18-24-12-10-23(17-42-24)21-8-4-5-9-21)35(47)27-14-15-45(27)51(48,49)33-31(40)29(38)28(37)30(39)32(33)41/h1-3,6-7,10-13,16-17,21,27H,4-5,8-9,14-15,18-19H2,(H,43,46)/t27-/m1/s1. The van der Waals surface area contributed by atoms with Crippen molar-refractivity contribution in [1.82, 2.24) is 14.8 Å². The van der Waals surface area contributed by atoms with E-state index in [9.17, 15) is 40.0 Å². The van der Waals surface area contributed by atoms with Gasteiger partial charge in [0.05, 0.1) is 24.5 Å². The Labute approximate surface area is 288 Å². The van der Waals surface area contributed by atoms with Crippen LogP contribution < -0.4 is 10.4 Å². The summed E-state index contributed by atoms with van der Waals surface area (Å²) in [4.78, 5) is 35.1. The number of aromatic nitrogens is 1. The number of hydrogen-bond donors (Lipinski definition) is 1. The molecule has 2 amide bonds. The smallest absolute Gasteiger partial charge is 0.274 e. The second-order valence-electron chi connectivity index (χ2n) is 12.2. The predicted molar refractivity (Wildman–Crippen MR) is 170 cm³/mol. The molecule has 0 radical (unpaired) electrons. The molecule has 4 aromatic rings. The number of carbonyl (C=O) groups excluding carboxylic acids is 2. The van der Waals surface area contributed by atoms with E-state index >= 15 is 4.39 Å². The highest BCUT2D eigenvalue weighted by Crippen LogP contribution is 2.36. The molecule has 1 aromatic heterocycles. The minimum Gasteiger partial charge on any atom is -0.302 e. The number of nitrogens with one attached hydrogen (secondary N) is 1. The monoisotopic (exact) mass is 732 g/mol. The van der Waals surface area contributed by atoms with Crippen LogP contribution in [0.5, 0.6) is 0 Å². The van der Waals surface area contributed by atoms with E-state index in [4.69, 9.17) is 4.84 Å². The predicted octanol–water partition coefficient (Wildman–Crippen LogP) is 6.43. The molecular weight excluding hydrogens is 702 g/mol. The summed E-state index contributed by atoms with van der Waals surface area (Å²) in [5.74, 6) is -15.3. The van der Waals surface area contributed by atoms with E-state index in [1.165, 1.54) is 6.07 Å². The van der Waals surface area contributed by atoms with Crippen molar-refractivity contribution in [2.45, 2.75) is 62.1 Å². The van der Waals surface area contributed by atoms with Gasteiger partial charge in [-0.25, -0.2) is 40.2 Å². The molecule has 3 aromatic carbocycles. The van der Waals surface area contributed by atoms with Crippen LogP contribution in [-0.2, 0) is 32.8 Å². The van der Waals surface area contributed by atoms with Gasteiger partial charge in [-0.3, -0.25) is 19.4 Å². The molecule has 2 aliphatic rings. The fourth-order valence-electron chi connectivity index (χ4n) is 6.17. The summed E-state index contributed by atoms with van der Waals surface area (Å²) in [6, 6.07) is 13.8. The molecule has 6 rings (SSSR count). The van der Waals surface area contributed by atoms with Crippen LogP contribution in [0, 0.1) is 34.9 Å². The topological polar surface area (TPSA) is 109 Å². The van der Waals surface area contributed by atoms with E-state index in [0.29, 0.717) is 10.2 Å². The number of rotatable bonds is 11. The summed E-state index contributed by atoms with van der Waals surface area (Å²) in [6.45, 7) is -0.891. The van der Waals surface area contributed by atoms with Crippen molar-refractivity contribution >= 4 is 27.5 Å². The third-order valence-corrected chi connectivity index (χ3v) is 10.9. The number of carbonyl (C=O) groups is 2. The summed E-state index contributed by atoms with van der Waals surface area (Å²) < 4.78 is 114. The highest BCUT2D eigenvalue weighted by atomic mass is 32.2. The van der Waals surface area contributed by atoms with Crippen molar-refractivity contribution in [2.24, 2.45) is 0 Å². The van der Waals surface area contributed by atoms with Crippen LogP contribution in [0.2, 0.25) is 0 Å². The van der Waals surface area contributed by atoms with Crippen molar-refractivity contribution in [3.8, 4) is 0 Å². The molecular formula is C35H30F6N4O5S. The molecule has 2 heterocycles. The van der Waals surface area contributed by atoms with E-state index in [2.05, 4.69) is 10.5 Å². The minimum absolute atomic E-state index is 0.0216. The zero-order valence-electron chi connectivity index (χ0n) is 26.7. The summed E-state index contributed by atoms with van der Waals surface area (Å²) in [5, 5.41) is 0. The average Bonchev–Trinajstić information content (AvgIpc) is 3.64. The van der Waals surface area contributed by atoms with Crippen LogP contribution in [0.3, 0.4) is 0 Å². The van der Waals surface area contributed by atoms with Crippen molar-refractivity contribution in [1.29, 1.82) is 0 Å². The lowest BCUT2D eigenvalue weighted by molar-refractivity contribution is -0.125. The lowest BCUT2D eigenvalue weighted by Gasteiger charge is -2.41. The maximum absolute atomic E-state index is 15.8. The van der Waals surface area contributed by atoms with Crippen LogP contribution in [0.15, 0.2) is 71.8 Å². The number of hydroxylamine groups is 1. The Morgan fingerprint density at radius 3 is 2.12 bits per heavy atom. The Morgan fingerprint density at radius 2 is 1.53 bits per heavy atom. The maximum Gasteiger partial charge on any atom is 0.274 e. The quantitative estimate of drug-likeness (QED) is 0.0825. The van der Waals surface area contributed by atoms with Crippen molar-refractivity contribution in [2.75, 3.05) is 11.4 Å². The molecule has 9 nitrogen and oxygen atoms in total. The van der Waals surface area contributed by atoms with Gasteiger partial charge in [0, 0.05) is 18.3 Å². The van der Waals surface area contributed by atoms with Gasteiger partial charge in [0.25, 0.3) is 5.91 Å². The van der Waals surface area contributed by atoms with E-state index in [1.54, 1.807) is 42.6 Å². The van der Waals surface area contributed by atoms with Gasteiger partial charge in [0.15, 0.2) is 28.2 Å². The van der Waals surface area contributed by atoms with Crippen molar-refractivity contribution in [3.63, 3.8) is 0 Å². The Morgan fingerprint density at radius 1 is 0.863 bits per heavy atom. The van der Waals surface area contributed by atoms with Gasteiger partial charge in [-0.05, 0) is 60.6 Å². The summed E-state index contributed by atoms with van der Waals surface area (Å²) in [5.41, 5.74) is 3.62. The highest BCUT2D eigenvalue weighted by Gasteiger charge is 2.48. The molecule has 268 valence electrons. The van der Waals surface area contributed by atoms with E-state index in [-0.39, 0.29) is 24.3 Å². The SMILES string of the molecule is O=C(NOCc1ccccc1)c1ccc(N(Cc2ccc(C3CCCC3)cn2)C(=O)[C@H]2CCN2S(=O)(=O)c2c(F)c(F)c(F)c(F)c2F)c(F)c1. The van der Waals surface area contributed by atoms with Crippen LogP contribution >= 0.6 is 0 Å². The molecule has 0 spiro atoms. The maximum atomic E-state index is 15.8. The second-order valence-corrected chi connectivity index (χ2v) is 14.0. The van der Waals surface area contributed by atoms with Gasteiger partial charge in [-0.1, -0.05) is 49.2 Å². The number of nitrogens with zero attached hydrogens (tertiary/aromatic N) is 3. The molecule has 2 fully saturated rings. The Balaban J connectivity index is 1.28. The molecule has 1 saturated heterocycles. The van der Waals surface area contributed by atoms with Crippen LogP contribution in [-0.4, -0.2) is 42.1 Å². The van der Waals surface area contributed by atoms with Gasteiger partial charge in [-0.2, -0.15) is 4.31 Å². The molecule has 1 N–H and O–H groups in total. The molecule has 1 saturated carbocycles. The summed E-state index contributed by atoms with van der Waals surface area (Å²) in [6.07, 6.45) is 5.54.